The molecule has 3 aromatic carbocycles. The van der Waals surface area contributed by atoms with Crippen molar-refractivity contribution in [3.05, 3.63) is 96.1 Å². The molecule has 9 heteroatoms. The van der Waals surface area contributed by atoms with E-state index in [1.54, 1.807) is 85.8 Å². The van der Waals surface area contributed by atoms with E-state index < -0.39 is 24.0 Å². The maximum absolute atomic E-state index is 12.9. The highest BCUT2D eigenvalue weighted by Crippen LogP contribution is 2.34. The minimum atomic E-state index is -0.841. The summed E-state index contributed by atoms with van der Waals surface area (Å²) in [5.41, 5.74) is 8.35. The maximum atomic E-state index is 12.9. The predicted octanol–water partition coefficient (Wildman–Crippen LogP) is 4.96. The summed E-state index contributed by atoms with van der Waals surface area (Å²) in [6.45, 7) is 3.13. The Morgan fingerprint density at radius 1 is 0.974 bits per heavy atom. The van der Waals surface area contributed by atoms with E-state index in [0.29, 0.717) is 33.9 Å². The maximum Gasteiger partial charge on any atom is 0.412 e. The van der Waals surface area contributed by atoms with E-state index in [2.05, 4.69) is 10.6 Å². The predicted molar refractivity (Wildman–Crippen MR) is 146 cm³/mol. The lowest BCUT2D eigenvalue weighted by Crippen LogP contribution is -2.22. The van der Waals surface area contributed by atoms with E-state index in [0.717, 1.165) is 0 Å². The first-order chi connectivity index (χ1) is 18.3. The molecule has 0 bridgehead atoms. The number of anilines is 3. The van der Waals surface area contributed by atoms with Gasteiger partial charge in [0.05, 0.1) is 18.0 Å². The van der Waals surface area contributed by atoms with E-state index in [1.807, 2.05) is 0 Å². The number of nitrogen functional groups attached to an aromatic ring is 1. The number of hydrogen-bond donors (Lipinski definition) is 4. The van der Waals surface area contributed by atoms with E-state index in [1.165, 1.54) is 13.0 Å². The Hall–Kier alpha value is -4.63. The second-order valence-electron chi connectivity index (χ2n) is 8.49. The quantitative estimate of drug-likeness (QED) is 0.160. The lowest BCUT2D eigenvalue weighted by atomic mass is 9.95. The molecule has 38 heavy (non-hydrogen) atoms. The van der Waals surface area contributed by atoms with Crippen LogP contribution in [0.5, 0.6) is 5.75 Å². The van der Waals surface area contributed by atoms with Gasteiger partial charge in [0.15, 0.2) is 5.78 Å². The van der Waals surface area contributed by atoms with Gasteiger partial charge in [0, 0.05) is 22.7 Å². The fourth-order valence-corrected chi connectivity index (χ4v) is 3.63. The van der Waals surface area contributed by atoms with Crippen LogP contribution in [0.25, 0.3) is 0 Å². The molecule has 2 atom stereocenters. The van der Waals surface area contributed by atoms with Crippen LogP contribution in [0, 0.1) is 5.92 Å². The van der Waals surface area contributed by atoms with Crippen molar-refractivity contribution in [2.24, 2.45) is 5.92 Å². The molecule has 0 unspecified atom stereocenters. The van der Waals surface area contributed by atoms with Crippen LogP contribution in [-0.4, -0.2) is 36.1 Å². The number of aliphatic hydroxyl groups is 1. The van der Waals surface area contributed by atoms with Crippen molar-refractivity contribution in [1.29, 1.82) is 0 Å². The van der Waals surface area contributed by atoms with Gasteiger partial charge in [-0.15, -0.1) is 0 Å². The fraction of sp³-hybridized carbons (Fsp3) is 0.207. The molecular weight excluding hydrogens is 486 g/mol. The van der Waals surface area contributed by atoms with Crippen molar-refractivity contribution < 1.29 is 29.0 Å². The topological polar surface area (TPSA) is 140 Å². The second kappa shape index (κ2) is 13.6. The van der Waals surface area contributed by atoms with Crippen LogP contribution in [0.15, 0.2) is 84.9 Å². The van der Waals surface area contributed by atoms with Gasteiger partial charge >= 0.3 is 6.09 Å². The summed E-state index contributed by atoms with van der Waals surface area (Å²) in [6, 6.07) is 20.3. The minimum absolute atomic E-state index is 0.0591. The van der Waals surface area contributed by atoms with Gasteiger partial charge in [0.1, 0.15) is 18.5 Å². The summed E-state index contributed by atoms with van der Waals surface area (Å²) in [6.07, 6.45) is 1.40. The molecule has 198 valence electrons. The molecular formula is C29H31N3O6. The standard InChI is InChI=1S/C29H31N3O6/c1-19(11-16-27(35)32-25-9-5-4-8-24(25)30)28(23-7-3-6-10-26(23)37-18-17-33)38-29(36)31-22-14-12-21(13-15-22)20(2)34/h3-16,19,28,33H,17-18,30H2,1-2H3,(H,31,36)(H,32,35)/b16-11+/t19-,28-/m1/s1. The summed E-state index contributed by atoms with van der Waals surface area (Å²) in [5, 5.41) is 14.6. The Morgan fingerprint density at radius 3 is 2.34 bits per heavy atom. The normalized spacial score (nSPS) is 12.4. The molecule has 0 heterocycles. The number of para-hydroxylation sites is 3. The number of nitrogens with two attached hydrogens (primary N) is 1. The average molecular weight is 518 g/mol. The first-order valence-corrected chi connectivity index (χ1v) is 12.0. The lowest BCUT2D eigenvalue weighted by molar-refractivity contribution is -0.111. The molecule has 0 saturated carbocycles. The molecule has 0 aromatic heterocycles. The van der Waals surface area contributed by atoms with Crippen molar-refractivity contribution in [2.45, 2.75) is 20.0 Å². The number of aliphatic hydroxyl groups excluding tert-OH is 1. The van der Waals surface area contributed by atoms with Gasteiger partial charge in [-0.2, -0.15) is 0 Å². The van der Waals surface area contributed by atoms with Gasteiger partial charge in [0.25, 0.3) is 0 Å². The molecule has 9 nitrogen and oxygen atoms in total. The zero-order valence-electron chi connectivity index (χ0n) is 21.2. The number of Topliss-reactive ketones (excluding diaryl/α,β-unsaturated/α-hetero) is 1. The molecule has 0 aliphatic heterocycles. The Morgan fingerprint density at radius 2 is 1.66 bits per heavy atom. The van der Waals surface area contributed by atoms with Crippen LogP contribution in [0.2, 0.25) is 0 Å². The number of carbonyl (C=O) groups is 3. The number of ether oxygens (including phenoxy) is 2. The van der Waals surface area contributed by atoms with Gasteiger partial charge in [-0.1, -0.05) is 43.3 Å². The Bertz CT molecular complexity index is 1290. The Kier molecular flexibility index (Phi) is 10.0. The van der Waals surface area contributed by atoms with Gasteiger partial charge in [-0.25, -0.2) is 4.79 Å². The number of nitrogens with one attached hydrogen (secondary N) is 2. The van der Waals surface area contributed by atoms with Crippen LogP contribution in [0.1, 0.15) is 35.9 Å². The summed E-state index contributed by atoms with van der Waals surface area (Å²) in [5.74, 6) is -0.503. The SMILES string of the molecule is CC(=O)c1ccc(NC(=O)O[C@@H](c2ccccc2OCCO)[C@H](C)/C=C/C(=O)Nc2ccccc2N)cc1. The summed E-state index contributed by atoms with van der Waals surface area (Å²) < 4.78 is 11.5. The molecule has 3 aromatic rings. The fourth-order valence-electron chi connectivity index (χ4n) is 3.63. The third kappa shape index (κ3) is 7.94. The van der Waals surface area contributed by atoms with Crippen LogP contribution < -0.4 is 21.1 Å². The molecule has 0 spiro atoms. The van der Waals surface area contributed by atoms with Crippen molar-refractivity contribution in [3.63, 3.8) is 0 Å². The zero-order chi connectivity index (χ0) is 27.5. The molecule has 3 rings (SSSR count). The Labute approximate surface area is 221 Å². The van der Waals surface area contributed by atoms with Gasteiger partial charge < -0.3 is 25.6 Å². The van der Waals surface area contributed by atoms with Crippen molar-refractivity contribution in [2.75, 3.05) is 29.6 Å². The van der Waals surface area contributed by atoms with E-state index in [9.17, 15) is 19.5 Å². The lowest BCUT2D eigenvalue weighted by Gasteiger charge is -2.25. The largest absolute Gasteiger partial charge is 0.491 e. The smallest absolute Gasteiger partial charge is 0.412 e. The first-order valence-electron chi connectivity index (χ1n) is 12.0. The van der Waals surface area contributed by atoms with Crippen LogP contribution in [0.3, 0.4) is 0 Å². The molecule has 0 aliphatic carbocycles. The number of benzene rings is 3. The van der Waals surface area contributed by atoms with E-state index >= 15 is 0 Å². The number of amides is 2. The monoisotopic (exact) mass is 517 g/mol. The number of rotatable bonds is 11. The van der Waals surface area contributed by atoms with Gasteiger partial charge in [0.2, 0.25) is 5.91 Å². The highest BCUT2D eigenvalue weighted by molar-refractivity contribution is 6.01. The highest BCUT2D eigenvalue weighted by atomic mass is 16.6. The molecule has 5 N–H and O–H groups in total. The van der Waals surface area contributed by atoms with E-state index in [-0.39, 0.29) is 19.0 Å². The van der Waals surface area contributed by atoms with Crippen LogP contribution in [0.4, 0.5) is 21.9 Å². The number of hydrogen-bond acceptors (Lipinski definition) is 7. The van der Waals surface area contributed by atoms with E-state index in [4.69, 9.17) is 15.2 Å². The molecule has 0 saturated heterocycles. The van der Waals surface area contributed by atoms with Gasteiger partial charge in [-0.3, -0.25) is 14.9 Å². The molecule has 2 amide bonds. The average Bonchev–Trinajstić information content (AvgIpc) is 2.91. The molecule has 0 fully saturated rings. The third-order valence-electron chi connectivity index (χ3n) is 5.59. The van der Waals surface area contributed by atoms with Crippen LogP contribution >= 0.6 is 0 Å². The number of carbonyl (C=O) groups excluding carboxylic acids is 3. The zero-order valence-corrected chi connectivity index (χ0v) is 21.2. The summed E-state index contributed by atoms with van der Waals surface area (Å²) in [7, 11) is 0. The summed E-state index contributed by atoms with van der Waals surface area (Å²) in [4.78, 5) is 36.9. The van der Waals surface area contributed by atoms with Crippen molar-refractivity contribution in [3.8, 4) is 5.75 Å². The molecule has 0 aliphatic rings. The molecule has 0 radical (unpaired) electrons. The van der Waals surface area contributed by atoms with Crippen LogP contribution in [-0.2, 0) is 9.53 Å². The third-order valence-corrected chi connectivity index (χ3v) is 5.59. The first kappa shape index (κ1) is 27.9. The summed E-state index contributed by atoms with van der Waals surface area (Å²) >= 11 is 0. The number of ketones is 1. The van der Waals surface area contributed by atoms with Gasteiger partial charge in [-0.05, 0) is 55.5 Å². The Balaban J connectivity index is 1.80. The van der Waals surface area contributed by atoms with Crippen molar-refractivity contribution >= 4 is 34.8 Å². The van der Waals surface area contributed by atoms with Crippen molar-refractivity contribution in [1.82, 2.24) is 0 Å². The highest BCUT2D eigenvalue weighted by Gasteiger charge is 2.26. The minimum Gasteiger partial charge on any atom is -0.491 e. The second-order valence-corrected chi connectivity index (χ2v) is 8.49.